The van der Waals surface area contributed by atoms with Crippen molar-refractivity contribution in [2.24, 2.45) is 11.7 Å². The highest BCUT2D eigenvalue weighted by Crippen LogP contribution is 2.40. The summed E-state index contributed by atoms with van der Waals surface area (Å²) in [6.45, 7) is 0. The second kappa shape index (κ2) is 8.46. The van der Waals surface area contributed by atoms with E-state index in [0.29, 0.717) is 17.2 Å². The van der Waals surface area contributed by atoms with E-state index in [1.54, 1.807) is 33.5 Å². The van der Waals surface area contributed by atoms with E-state index >= 15 is 0 Å². The molecule has 0 radical (unpaired) electrons. The minimum atomic E-state index is -0.570. The van der Waals surface area contributed by atoms with Crippen molar-refractivity contribution in [1.29, 1.82) is 0 Å². The average Bonchev–Trinajstić information content (AvgIpc) is 3.06. The Labute approximate surface area is 138 Å². The highest BCUT2D eigenvalue weighted by atomic mass is 35.5. The number of benzene rings is 1. The molecule has 1 aromatic rings. The molecule has 22 heavy (non-hydrogen) atoms. The van der Waals surface area contributed by atoms with Gasteiger partial charge in [-0.05, 0) is 24.8 Å². The maximum Gasteiger partial charge on any atom is 0.164 e. The summed E-state index contributed by atoms with van der Waals surface area (Å²) in [4.78, 5) is 0. The van der Waals surface area contributed by atoms with Gasteiger partial charge < -0.3 is 25.1 Å². The summed E-state index contributed by atoms with van der Waals surface area (Å²) in [5, 5.41) is 10.5. The van der Waals surface area contributed by atoms with E-state index in [4.69, 9.17) is 19.9 Å². The summed E-state index contributed by atoms with van der Waals surface area (Å²) in [5.74, 6) is 2.04. The fourth-order valence-corrected chi connectivity index (χ4v) is 3.09. The van der Waals surface area contributed by atoms with E-state index in [0.717, 1.165) is 31.2 Å². The molecule has 0 bridgehead atoms. The van der Waals surface area contributed by atoms with Crippen molar-refractivity contribution in [2.45, 2.75) is 37.8 Å². The summed E-state index contributed by atoms with van der Waals surface area (Å²) in [6, 6.07) is 3.04. The van der Waals surface area contributed by atoms with Gasteiger partial charge >= 0.3 is 0 Å². The molecule has 5 nitrogen and oxygen atoms in total. The Bertz CT molecular complexity index is 477. The largest absolute Gasteiger partial charge is 0.496 e. The van der Waals surface area contributed by atoms with Crippen LogP contribution in [0, 0.1) is 5.92 Å². The summed E-state index contributed by atoms with van der Waals surface area (Å²) >= 11 is 0. The van der Waals surface area contributed by atoms with Crippen LogP contribution in [0.1, 0.15) is 37.3 Å². The average molecular weight is 332 g/mol. The molecule has 0 aliphatic heterocycles. The first-order chi connectivity index (χ1) is 10.1. The number of methoxy groups -OCH3 is 3. The van der Waals surface area contributed by atoms with Gasteiger partial charge in [-0.25, -0.2) is 0 Å². The number of aliphatic hydroxyl groups is 1. The second-order valence-electron chi connectivity index (χ2n) is 5.51. The quantitative estimate of drug-likeness (QED) is 0.838. The van der Waals surface area contributed by atoms with E-state index in [1.807, 2.05) is 0 Å². The SMILES string of the molecule is COc1cc(OC)c([C@H](N)[C@H](O)C2CCCC2)cc1OC.Cl. The van der Waals surface area contributed by atoms with Gasteiger partial charge in [-0.3, -0.25) is 0 Å². The van der Waals surface area contributed by atoms with Crippen LogP contribution in [0.4, 0.5) is 0 Å². The number of ether oxygens (including phenoxy) is 3. The predicted molar refractivity (Wildman–Crippen MR) is 88.2 cm³/mol. The fourth-order valence-electron chi connectivity index (χ4n) is 3.09. The summed E-state index contributed by atoms with van der Waals surface area (Å²) in [5.41, 5.74) is 7.03. The van der Waals surface area contributed by atoms with Crippen molar-refractivity contribution < 1.29 is 19.3 Å². The van der Waals surface area contributed by atoms with Crippen molar-refractivity contribution in [2.75, 3.05) is 21.3 Å². The molecule has 0 heterocycles. The zero-order valence-electron chi connectivity index (χ0n) is 13.4. The highest BCUT2D eigenvalue weighted by Gasteiger charge is 2.31. The third-order valence-corrected chi connectivity index (χ3v) is 4.35. The lowest BCUT2D eigenvalue weighted by atomic mass is 9.90. The smallest absolute Gasteiger partial charge is 0.164 e. The number of aliphatic hydroxyl groups excluding tert-OH is 1. The maximum atomic E-state index is 10.5. The molecule has 0 saturated heterocycles. The molecule has 1 aliphatic carbocycles. The van der Waals surface area contributed by atoms with Crippen molar-refractivity contribution in [3.8, 4) is 17.2 Å². The number of hydrogen-bond donors (Lipinski definition) is 2. The standard InChI is InChI=1S/C16H25NO4.ClH/c1-19-12-9-14(21-3)13(20-2)8-11(12)15(17)16(18)10-6-4-5-7-10;/h8-10,15-16,18H,4-7,17H2,1-3H3;1H/t15-,16+;/m0./s1. The van der Waals surface area contributed by atoms with Gasteiger partial charge in [0.15, 0.2) is 11.5 Å². The van der Waals surface area contributed by atoms with Gasteiger partial charge in [-0.1, -0.05) is 12.8 Å². The van der Waals surface area contributed by atoms with Crippen LogP contribution in [-0.4, -0.2) is 32.5 Å². The van der Waals surface area contributed by atoms with Crippen LogP contribution in [0.3, 0.4) is 0 Å². The van der Waals surface area contributed by atoms with E-state index in [-0.39, 0.29) is 18.3 Å². The first-order valence-corrected chi connectivity index (χ1v) is 7.36. The molecular formula is C16H26ClNO4. The lowest BCUT2D eigenvalue weighted by Gasteiger charge is -2.26. The third-order valence-electron chi connectivity index (χ3n) is 4.35. The Morgan fingerprint density at radius 2 is 1.50 bits per heavy atom. The highest BCUT2D eigenvalue weighted by molar-refractivity contribution is 5.85. The number of halogens is 1. The number of nitrogens with two attached hydrogens (primary N) is 1. The lowest BCUT2D eigenvalue weighted by Crippen LogP contribution is -2.32. The monoisotopic (exact) mass is 331 g/mol. The molecule has 2 atom stereocenters. The van der Waals surface area contributed by atoms with E-state index in [1.165, 1.54) is 0 Å². The van der Waals surface area contributed by atoms with Crippen LogP contribution in [0.25, 0.3) is 0 Å². The molecule has 2 rings (SSSR count). The van der Waals surface area contributed by atoms with Crippen molar-refractivity contribution in [1.82, 2.24) is 0 Å². The molecule has 126 valence electrons. The van der Waals surface area contributed by atoms with E-state index in [2.05, 4.69) is 0 Å². The van der Waals surface area contributed by atoms with Gasteiger partial charge in [0.2, 0.25) is 0 Å². The van der Waals surface area contributed by atoms with Crippen molar-refractivity contribution >= 4 is 12.4 Å². The van der Waals surface area contributed by atoms with E-state index < -0.39 is 12.1 Å². The zero-order valence-corrected chi connectivity index (χ0v) is 14.2. The molecule has 0 amide bonds. The molecule has 1 fully saturated rings. The van der Waals surface area contributed by atoms with E-state index in [9.17, 15) is 5.11 Å². The van der Waals surface area contributed by atoms with Gasteiger partial charge in [0.25, 0.3) is 0 Å². The molecule has 0 spiro atoms. The molecule has 0 aromatic heterocycles. The number of hydrogen-bond acceptors (Lipinski definition) is 5. The van der Waals surface area contributed by atoms with Crippen molar-refractivity contribution in [3.63, 3.8) is 0 Å². The van der Waals surface area contributed by atoms with Crippen molar-refractivity contribution in [3.05, 3.63) is 17.7 Å². The van der Waals surface area contributed by atoms with Crippen LogP contribution in [-0.2, 0) is 0 Å². The van der Waals surface area contributed by atoms with Gasteiger partial charge in [-0.15, -0.1) is 12.4 Å². The minimum absolute atomic E-state index is 0. The molecule has 3 N–H and O–H groups in total. The first kappa shape index (κ1) is 18.9. The molecule has 0 unspecified atom stereocenters. The molecule has 1 aliphatic rings. The minimum Gasteiger partial charge on any atom is -0.496 e. The normalized spacial score (nSPS) is 17.5. The predicted octanol–water partition coefficient (Wildman–Crippen LogP) is 2.69. The third kappa shape index (κ3) is 3.77. The Kier molecular flexibility index (Phi) is 7.26. The topological polar surface area (TPSA) is 73.9 Å². The zero-order chi connectivity index (χ0) is 15.4. The summed E-state index contributed by atoms with van der Waals surface area (Å²) in [6.07, 6.45) is 3.82. The Morgan fingerprint density at radius 3 is 2.00 bits per heavy atom. The molecule has 1 saturated carbocycles. The lowest BCUT2D eigenvalue weighted by molar-refractivity contribution is 0.0835. The van der Waals surface area contributed by atoms with Gasteiger partial charge in [0, 0.05) is 11.6 Å². The number of rotatable bonds is 6. The van der Waals surface area contributed by atoms with Crippen LogP contribution >= 0.6 is 12.4 Å². The Morgan fingerprint density at radius 1 is 1.00 bits per heavy atom. The summed E-state index contributed by atoms with van der Waals surface area (Å²) in [7, 11) is 4.73. The van der Waals surface area contributed by atoms with Gasteiger partial charge in [0.05, 0.1) is 33.5 Å². The van der Waals surface area contributed by atoms with Crippen LogP contribution in [0.2, 0.25) is 0 Å². The molecule has 6 heteroatoms. The fraction of sp³-hybridized carbons (Fsp3) is 0.625. The Balaban J connectivity index is 0.00000242. The summed E-state index contributed by atoms with van der Waals surface area (Å²) < 4.78 is 16.0. The Hall–Kier alpha value is -1.17. The van der Waals surface area contributed by atoms with Gasteiger partial charge in [0.1, 0.15) is 5.75 Å². The van der Waals surface area contributed by atoms with Crippen LogP contribution < -0.4 is 19.9 Å². The molecule has 1 aromatic carbocycles. The van der Waals surface area contributed by atoms with Crippen LogP contribution in [0.15, 0.2) is 12.1 Å². The van der Waals surface area contributed by atoms with Crippen LogP contribution in [0.5, 0.6) is 17.2 Å². The molecular weight excluding hydrogens is 306 g/mol. The first-order valence-electron chi connectivity index (χ1n) is 7.36. The second-order valence-corrected chi connectivity index (χ2v) is 5.51. The maximum absolute atomic E-state index is 10.5. The van der Waals surface area contributed by atoms with Gasteiger partial charge in [-0.2, -0.15) is 0 Å².